The predicted octanol–water partition coefficient (Wildman–Crippen LogP) is 4.76. The summed E-state index contributed by atoms with van der Waals surface area (Å²) in [5.74, 6) is 1.89. The minimum Gasteiger partial charge on any atom is -0.488 e. The normalized spacial score (nSPS) is 12.4. The van der Waals surface area contributed by atoms with E-state index in [4.69, 9.17) is 9.72 Å². The Hall–Kier alpha value is -1.26. The Morgan fingerprint density at radius 2 is 1.87 bits per heavy atom. The second kappa shape index (κ2) is 7.10. The quantitative estimate of drug-likeness (QED) is 0.712. The number of nitrogens with zero attached hydrogens (tertiary/aromatic N) is 2. The first-order chi connectivity index (χ1) is 10.7. The van der Waals surface area contributed by atoms with Gasteiger partial charge in [0.15, 0.2) is 5.75 Å². The number of para-hydroxylation sites is 1. The third kappa shape index (κ3) is 4.18. The molecule has 3 nitrogen and oxygen atoms in total. The highest BCUT2D eigenvalue weighted by Crippen LogP contribution is 2.37. The highest BCUT2D eigenvalue weighted by atomic mass is 32.2. The van der Waals surface area contributed by atoms with Crippen LogP contribution in [0, 0.1) is 6.92 Å². The average Bonchev–Trinajstić information content (AvgIpc) is 2.48. The van der Waals surface area contributed by atoms with Crippen molar-refractivity contribution in [3.8, 4) is 5.75 Å². The number of aryl methyl sites for hydroxylation is 1. The number of rotatable bonds is 6. The van der Waals surface area contributed by atoms with Crippen LogP contribution in [0.4, 0.5) is 0 Å². The van der Waals surface area contributed by atoms with E-state index in [1.807, 2.05) is 6.07 Å². The number of benzene rings is 1. The van der Waals surface area contributed by atoms with Crippen molar-refractivity contribution in [1.82, 2.24) is 9.88 Å². The lowest BCUT2D eigenvalue weighted by Crippen LogP contribution is -2.40. The first-order valence-corrected chi connectivity index (χ1v) is 9.07. The maximum absolute atomic E-state index is 6.11. The summed E-state index contributed by atoms with van der Waals surface area (Å²) in [6.07, 6.45) is 0.137. The van der Waals surface area contributed by atoms with Crippen LogP contribution >= 0.6 is 11.8 Å². The van der Waals surface area contributed by atoms with Crippen LogP contribution in [0.2, 0.25) is 0 Å². The number of pyridine rings is 1. The fraction of sp³-hybridized carbons (Fsp3) is 0.526. The fourth-order valence-corrected chi connectivity index (χ4v) is 3.42. The van der Waals surface area contributed by atoms with Gasteiger partial charge < -0.3 is 9.64 Å². The second-order valence-corrected chi connectivity index (χ2v) is 8.01. The first kappa shape index (κ1) is 18.1. The smallest absolute Gasteiger partial charge is 0.155 e. The zero-order chi connectivity index (χ0) is 17.2. The van der Waals surface area contributed by atoms with Crippen LogP contribution in [-0.4, -0.2) is 41.4 Å². The topological polar surface area (TPSA) is 25.4 Å². The summed E-state index contributed by atoms with van der Waals surface area (Å²) >= 11 is 1.78. The molecule has 126 valence electrons. The van der Waals surface area contributed by atoms with E-state index < -0.39 is 0 Å². The molecule has 0 aliphatic heterocycles. The van der Waals surface area contributed by atoms with E-state index in [1.54, 1.807) is 11.8 Å². The van der Waals surface area contributed by atoms with E-state index in [0.717, 1.165) is 22.0 Å². The van der Waals surface area contributed by atoms with Gasteiger partial charge in [-0.2, -0.15) is 0 Å². The molecule has 23 heavy (non-hydrogen) atoms. The highest BCUT2D eigenvalue weighted by molar-refractivity contribution is 7.99. The molecule has 0 amide bonds. The van der Waals surface area contributed by atoms with Gasteiger partial charge in [-0.15, -0.1) is 11.8 Å². The second-order valence-electron chi connectivity index (χ2n) is 7.05. The largest absolute Gasteiger partial charge is 0.488 e. The van der Waals surface area contributed by atoms with Crippen molar-refractivity contribution in [3.63, 3.8) is 0 Å². The molecule has 0 saturated heterocycles. The molecule has 0 aliphatic carbocycles. The van der Waals surface area contributed by atoms with Gasteiger partial charge in [0.05, 0.1) is 11.6 Å². The Balaban J connectivity index is 2.44. The number of fused-ring (bicyclic) bond motifs is 1. The summed E-state index contributed by atoms with van der Waals surface area (Å²) in [6.45, 7) is 10.7. The molecule has 1 aromatic heterocycles. The molecular formula is C19H28N2OS. The van der Waals surface area contributed by atoms with E-state index >= 15 is 0 Å². The highest BCUT2D eigenvalue weighted by Gasteiger charge is 2.23. The fourth-order valence-electron chi connectivity index (χ4n) is 2.18. The van der Waals surface area contributed by atoms with Crippen molar-refractivity contribution in [2.75, 3.05) is 19.8 Å². The van der Waals surface area contributed by atoms with Crippen LogP contribution < -0.4 is 4.74 Å². The Morgan fingerprint density at radius 3 is 2.48 bits per heavy atom. The van der Waals surface area contributed by atoms with Gasteiger partial charge in [0.2, 0.25) is 0 Å². The molecule has 0 atom stereocenters. The number of thioether (sulfide) groups is 1. The van der Waals surface area contributed by atoms with E-state index in [0.29, 0.717) is 0 Å². The van der Waals surface area contributed by atoms with E-state index in [2.05, 4.69) is 71.8 Å². The maximum Gasteiger partial charge on any atom is 0.155 e. The lowest BCUT2D eigenvalue weighted by molar-refractivity contribution is 0.223. The standard InChI is InChI=1S/C19H28N2OS/c1-13(2)22-17-14(3)15-10-8-9-11-16(15)20-18(17)23-12-19(4,5)21(6)7/h8-11,13H,12H2,1-7H3. The molecule has 1 aromatic carbocycles. The molecule has 0 unspecified atom stereocenters. The molecule has 2 rings (SSSR count). The van der Waals surface area contributed by atoms with Crippen LogP contribution in [0.5, 0.6) is 5.75 Å². The van der Waals surface area contributed by atoms with Gasteiger partial charge >= 0.3 is 0 Å². The van der Waals surface area contributed by atoms with Crippen LogP contribution in [-0.2, 0) is 0 Å². The van der Waals surface area contributed by atoms with Crippen LogP contribution in [0.25, 0.3) is 10.9 Å². The summed E-state index contributed by atoms with van der Waals surface area (Å²) in [7, 11) is 4.23. The number of aromatic nitrogens is 1. The van der Waals surface area contributed by atoms with Gasteiger partial charge in [-0.1, -0.05) is 18.2 Å². The lowest BCUT2D eigenvalue weighted by Gasteiger charge is -2.32. The molecule has 0 spiro atoms. The molecule has 4 heteroatoms. The molecular weight excluding hydrogens is 304 g/mol. The summed E-state index contributed by atoms with van der Waals surface area (Å²) in [5, 5.41) is 2.16. The van der Waals surface area contributed by atoms with Crippen molar-refractivity contribution < 1.29 is 4.74 Å². The van der Waals surface area contributed by atoms with Crippen molar-refractivity contribution in [2.24, 2.45) is 0 Å². The van der Waals surface area contributed by atoms with Gasteiger partial charge in [-0.05, 0) is 54.8 Å². The number of ether oxygens (including phenoxy) is 1. The molecule has 0 bridgehead atoms. The van der Waals surface area contributed by atoms with Crippen molar-refractivity contribution >= 4 is 22.7 Å². The minimum atomic E-state index is 0.0982. The monoisotopic (exact) mass is 332 g/mol. The molecule has 0 radical (unpaired) electrons. The molecule has 2 aromatic rings. The Bertz CT molecular complexity index is 680. The van der Waals surface area contributed by atoms with Gasteiger partial charge in [0.1, 0.15) is 5.03 Å². The van der Waals surface area contributed by atoms with Crippen molar-refractivity contribution in [2.45, 2.75) is 51.3 Å². The van der Waals surface area contributed by atoms with Crippen molar-refractivity contribution in [3.05, 3.63) is 29.8 Å². The number of hydrogen-bond donors (Lipinski definition) is 0. The SMILES string of the molecule is Cc1c(OC(C)C)c(SCC(C)(C)N(C)C)nc2ccccc12. The molecule has 0 fully saturated rings. The summed E-state index contributed by atoms with van der Waals surface area (Å²) in [6, 6.07) is 8.28. The van der Waals surface area contributed by atoms with Crippen LogP contribution in [0.1, 0.15) is 33.3 Å². The van der Waals surface area contributed by atoms with E-state index in [9.17, 15) is 0 Å². The average molecular weight is 333 g/mol. The van der Waals surface area contributed by atoms with Gasteiger partial charge in [0, 0.05) is 22.2 Å². The van der Waals surface area contributed by atoms with Crippen LogP contribution in [0.15, 0.2) is 29.3 Å². The zero-order valence-corrected chi connectivity index (χ0v) is 16.1. The predicted molar refractivity (Wildman–Crippen MR) is 101 cm³/mol. The molecule has 0 aliphatic rings. The summed E-state index contributed by atoms with van der Waals surface area (Å²) < 4.78 is 6.11. The van der Waals surface area contributed by atoms with E-state index in [-0.39, 0.29) is 11.6 Å². The summed E-state index contributed by atoms with van der Waals surface area (Å²) in [4.78, 5) is 7.12. The van der Waals surface area contributed by atoms with Gasteiger partial charge in [-0.25, -0.2) is 4.98 Å². The minimum absolute atomic E-state index is 0.0982. The van der Waals surface area contributed by atoms with E-state index in [1.165, 1.54) is 10.9 Å². The van der Waals surface area contributed by atoms with Gasteiger partial charge in [0.25, 0.3) is 0 Å². The Labute approximate surface area is 144 Å². The zero-order valence-electron chi connectivity index (χ0n) is 15.3. The third-order valence-electron chi connectivity index (χ3n) is 4.19. The third-order valence-corrected chi connectivity index (χ3v) is 5.59. The molecule has 1 heterocycles. The summed E-state index contributed by atoms with van der Waals surface area (Å²) in [5.41, 5.74) is 2.31. The lowest BCUT2D eigenvalue weighted by atomic mass is 10.1. The van der Waals surface area contributed by atoms with Gasteiger partial charge in [-0.3, -0.25) is 0 Å². The maximum atomic E-state index is 6.11. The Kier molecular flexibility index (Phi) is 5.58. The first-order valence-electron chi connectivity index (χ1n) is 8.08. The van der Waals surface area contributed by atoms with Crippen molar-refractivity contribution in [1.29, 1.82) is 0 Å². The Morgan fingerprint density at radius 1 is 1.22 bits per heavy atom. The number of hydrogen-bond acceptors (Lipinski definition) is 4. The van der Waals surface area contributed by atoms with Crippen LogP contribution in [0.3, 0.4) is 0 Å². The molecule has 0 saturated carbocycles. The molecule has 0 N–H and O–H groups in total.